The fourth-order valence-corrected chi connectivity index (χ4v) is 3.35. The third-order valence-electron chi connectivity index (χ3n) is 4.59. The van der Waals surface area contributed by atoms with Gasteiger partial charge in [-0.1, -0.05) is 6.07 Å². The van der Waals surface area contributed by atoms with Gasteiger partial charge < -0.3 is 19.5 Å². The number of benzene rings is 2. The lowest BCUT2D eigenvalue weighted by molar-refractivity contribution is 0.0635. The molecule has 166 valence electrons. The summed E-state index contributed by atoms with van der Waals surface area (Å²) < 4.78 is 16.9. The first-order valence-corrected chi connectivity index (χ1v) is 10.5. The van der Waals surface area contributed by atoms with E-state index in [1.54, 1.807) is 45.0 Å². The third kappa shape index (κ3) is 6.13. The summed E-state index contributed by atoms with van der Waals surface area (Å²) in [6, 6.07) is 10.6. The highest BCUT2D eigenvalue weighted by Gasteiger charge is 2.22. The second-order valence-corrected chi connectivity index (χ2v) is 8.52. The van der Waals surface area contributed by atoms with E-state index in [0.717, 1.165) is 29.0 Å². The van der Waals surface area contributed by atoms with Crippen molar-refractivity contribution in [2.45, 2.75) is 59.3 Å². The summed E-state index contributed by atoms with van der Waals surface area (Å²) >= 11 is 0. The van der Waals surface area contributed by atoms with E-state index < -0.39 is 11.7 Å². The standard InChI is InChI=1S/C24H30N2O5/c1-6-29-20-12-17-10-15(2)30-21(17)13-18(20)14-25-22(27)16-8-7-9-19(11-16)26-23(28)31-24(3,4)5/h7-9,11-13,15H,6,10,14H2,1-5H3,(H,25,27)(H,26,28). The Balaban J connectivity index is 1.67. The zero-order chi connectivity index (χ0) is 22.6. The number of hydrogen-bond donors (Lipinski definition) is 2. The molecule has 1 aliphatic rings. The number of amides is 2. The lowest BCUT2D eigenvalue weighted by Gasteiger charge is -2.19. The van der Waals surface area contributed by atoms with E-state index >= 15 is 0 Å². The molecule has 1 heterocycles. The Bertz CT molecular complexity index is 965. The quantitative estimate of drug-likeness (QED) is 0.700. The van der Waals surface area contributed by atoms with Gasteiger partial charge in [-0.05, 0) is 65.0 Å². The Labute approximate surface area is 183 Å². The Morgan fingerprint density at radius 2 is 1.97 bits per heavy atom. The SMILES string of the molecule is CCOc1cc2c(cc1CNC(=O)c1cccc(NC(=O)OC(C)(C)C)c1)OC(C)C2. The number of hydrogen-bond acceptors (Lipinski definition) is 5. The van der Waals surface area contributed by atoms with Crippen molar-refractivity contribution in [1.82, 2.24) is 5.32 Å². The van der Waals surface area contributed by atoms with Gasteiger partial charge in [0.1, 0.15) is 23.2 Å². The van der Waals surface area contributed by atoms with Gasteiger partial charge >= 0.3 is 6.09 Å². The molecule has 0 fully saturated rings. The number of carbonyl (C=O) groups is 2. The van der Waals surface area contributed by atoms with Crippen LogP contribution in [0.3, 0.4) is 0 Å². The fourth-order valence-electron chi connectivity index (χ4n) is 3.35. The molecular weight excluding hydrogens is 396 g/mol. The molecule has 2 N–H and O–H groups in total. The minimum atomic E-state index is -0.602. The van der Waals surface area contributed by atoms with Crippen LogP contribution in [0.15, 0.2) is 36.4 Å². The number of rotatable bonds is 6. The number of nitrogens with one attached hydrogen (secondary N) is 2. The zero-order valence-electron chi connectivity index (χ0n) is 18.7. The van der Waals surface area contributed by atoms with Gasteiger partial charge in [-0.25, -0.2) is 4.79 Å². The van der Waals surface area contributed by atoms with Crippen molar-refractivity contribution >= 4 is 17.7 Å². The van der Waals surface area contributed by atoms with Gasteiger partial charge in [0.25, 0.3) is 5.91 Å². The van der Waals surface area contributed by atoms with Crippen molar-refractivity contribution in [2.75, 3.05) is 11.9 Å². The molecule has 0 spiro atoms. The summed E-state index contributed by atoms with van der Waals surface area (Å²) in [5.41, 5.74) is 2.28. The summed E-state index contributed by atoms with van der Waals surface area (Å²) in [6.45, 7) is 10.2. The van der Waals surface area contributed by atoms with Crippen LogP contribution in [0.1, 0.15) is 56.1 Å². The summed E-state index contributed by atoms with van der Waals surface area (Å²) in [7, 11) is 0. The molecule has 0 aromatic heterocycles. The summed E-state index contributed by atoms with van der Waals surface area (Å²) in [5, 5.41) is 5.56. The molecule has 0 aliphatic carbocycles. The lowest BCUT2D eigenvalue weighted by Crippen LogP contribution is -2.27. The number of fused-ring (bicyclic) bond motifs is 1. The van der Waals surface area contributed by atoms with E-state index in [9.17, 15) is 9.59 Å². The maximum absolute atomic E-state index is 12.7. The molecule has 1 unspecified atom stereocenters. The monoisotopic (exact) mass is 426 g/mol. The maximum Gasteiger partial charge on any atom is 0.412 e. The second kappa shape index (κ2) is 9.29. The molecule has 3 rings (SSSR count). The minimum absolute atomic E-state index is 0.134. The van der Waals surface area contributed by atoms with Gasteiger partial charge in [-0.15, -0.1) is 0 Å². The van der Waals surface area contributed by atoms with Crippen LogP contribution in [0.25, 0.3) is 0 Å². The van der Waals surface area contributed by atoms with E-state index in [4.69, 9.17) is 14.2 Å². The molecule has 2 aromatic rings. The van der Waals surface area contributed by atoms with Crippen LogP contribution >= 0.6 is 0 Å². The van der Waals surface area contributed by atoms with Gasteiger partial charge in [0, 0.05) is 35.3 Å². The first kappa shape index (κ1) is 22.5. The van der Waals surface area contributed by atoms with Crippen LogP contribution in [-0.4, -0.2) is 30.3 Å². The molecule has 7 heteroatoms. The Hall–Kier alpha value is -3.22. The Morgan fingerprint density at radius 3 is 2.68 bits per heavy atom. The van der Waals surface area contributed by atoms with Crippen LogP contribution in [0.5, 0.6) is 11.5 Å². The largest absolute Gasteiger partial charge is 0.494 e. The fraction of sp³-hybridized carbons (Fsp3) is 0.417. The van der Waals surface area contributed by atoms with Crippen LogP contribution in [0, 0.1) is 0 Å². The molecule has 0 saturated heterocycles. The highest BCUT2D eigenvalue weighted by molar-refractivity contribution is 5.96. The molecule has 0 radical (unpaired) electrons. The molecule has 0 saturated carbocycles. The van der Waals surface area contributed by atoms with Crippen LogP contribution in [0.2, 0.25) is 0 Å². The van der Waals surface area contributed by atoms with Crippen molar-refractivity contribution in [3.05, 3.63) is 53.1 Å². The van der Waals surface area contributed by atoms with Gasteiger partial charge in [0.15, 0.2) is 0 Å². The van der Waals surface area contributed by atoms with Gasteiger partial charge in [0.05, 0.1) is 6.61 Å². The highest BCUT2D eigenvalue weighted by atomic mass is 16.6. The van der Waals surface area contributed by atoms with Gasteiger partial charge in [0.2, 0.25) is 0 Å². The topological polar surface area (TPSA) is 85.9 Å². The average molecular weight is 427 g/mol. The van der Waals surface area contributed by atoms with E-state index in [1.807, 2.05) is 26.0 Å². The predicted octanol–water partition coefficient (Wildman–Crippen LogP) is 4.69. The van der Waals surface area contributed by atoms with Crippen molar-refractivity contribution in [3.63, 3.8) is 0 Å². The van der Waals surface area contributed by atoms with Crippen molar-refractivity contribution in [3.8, 4) is 11.5 Å². The molecule has 2 amide bonds. The Morgan fingerprint density at radius 1 is 1.19 bits per heavy atom. The van der Waals surface area contributed by atoms with Crippen LogP contribution in [-0.2, 0) is 17.7 Å². The summed E-state index contributed by atoms with van der Waals surface area (Å²) in [5.74, 6) is 1.33. The van der Waals surface area contributed by atoms with E-state index in [-0.39, 0.29) is 12.0 Å². The second-order valence-electron chi connectivity index (χ2n) is 8.52. The molecule has 0 bridgehead atoms. The van der Waals surface area contributed by atoms with E-state index in [0.29, 0.717) is 24.4 Å². The lowest BCUT2D eigenvalue weighted by atomic mass is 10.1. The van der Waals surface area contributed by atoms with Crippen LogP contribution < -0.4 is 20.1 Å². The number of anilines is 1. The molecule has 1 atom stereocenters. The van der Waals surface area contributed by atoms with Gasteiger partial charge in [-0.3, -0.25) is 10.1 Å². The normalized spacial score (nSPS) is 14.9. The highest BCUT2D eigenvalue weighted by Crippen LogP contribution is 2.35. The maximum atomic E-state index is 12.7. The predicted molar refractivity (Wildman–Crippen MR) is 119 cm³/mol. The molecule has 2 aromatic carbocycles. The third-order valence-corrected chi connectivity index (χ3v) is 4.59. The van der Waals surface area contributed by atoms with Crippen molar-refractivity contribution < 1.29 is 23.8 Å². The van der Waals surface area contributed by atoms with Gasteiger partial charge in [-0.2, -0.15) is 0 Å². The summed E-state index contributed by atoms with van der Waals surface area (Å²) in [4.78, 5) is 24.7. The van der Waals surface area contributed by atoms with E-state index in [1.165, 1.54) is 0 Å². The first-order valence-electron chi connectivity index (χ1n) is 10.5. The smallest absolute Gasteiger partial charge is 0.412 e. The average Bonchev–Trinajstić information content (AvgIpc) is 3.03. The zero-order valence-corrected chi connectivity index (χ0v) is 18.7. The summed E-state index contributed by atoms with van der Waals surface area (Å²) in [6.07, 6.45) is 0.410. The molecule has 7 nitrogen and oxygen atoms in total. The van der Waals surface area contributed by atoms with Crippen molar-refractivity contribution in [2.24, 2.45) is 0 Å². The van der Waals surface area contributed by atoms with E-state index in [2.05, 4.69) is 10.6 Å². The molecule has 1 aliphatic heterocycles. The number of ether oxygens (including phenoxy) is 3. The number of carbonyl (C=O) groups excluding carboxylic acids is 2. The molecular formula is C24H30N2O5. The Kier molecular flexibility index (Phi) is 6.73. The van der Waals surface area contributed by atoms with Crippen LogP contribution in [0.4, 0.5) is 10.5 Å². The minimum Gasteiger partial charge on any atom is -0.494 e. The first-order chi connectivity index (χ1) is 14.6. The molecule has 31 heavy (non-hydrogen) atoms. The van der Waals surface area contributed by atoms with Crippen molar-refractivity contribution in [1.29, 1.82) is 0 Å².